The van der Waals surface area contributed by atoms with Crippen LogP contribution in [0.25, 0.3) is 0 Å². The predicted molar refractivity (Wildman–Crippen MR) is 124 cm³/mol. The van der Waals surface area contributed by atoms with Crippen molar-refractivity contribution in [2.45, 2.75) is 39.5 Å². The number of amides is 2. The van der Waals surface area contributed by atoms with Crippen molar-refractivity contribution in [3.05, 3.63) is 59.7 Å². The molecule has 1 aliphatic rings. The van der Waals surface area contributed by atoms with E-state index in [0.717, 1.165) is 35.3 Å². The molecule has 1 aliphatic heterocycles. The summed E-state index contributed by atoms with van der Waals surface area (Å²) in [4.78, 5) is 25.3. The standard InChI is InChI=1S/C24H30N2O4S/c1-3-17-9-5-7-11-21(17)25-23(27)13-19-15-31(29,30)16-20(19)14-24(28)26-22-12-8-6-10-18(22)4-2/h5-12,19-20H,3-4,13-16H2,1-2H3,(H,25,27)(H,26,28)/t19-,20-/m1/s1. The van der Waals surface area contributed by atoms with Crippen molar-refractivity contribution >= 4 is 33.0 Å². The van der Waals surface area contributed by atoms with Crippen LogP contribution in [0.5, 0.6) is 0 Å². The minimum absolute atomic E-state index is 0.0562. The zero-order chi connectivity index (χ0) is 22.4. The molecule has 0 bridgehead atoms. The van der Waals surface area contributed by atoms with Gasteiger partial charge in [-0.1, -0.05) is 50.2 Å². The highest BCUT2D eigenvalue weighted by Crippen LogP contribution is 2.32. The van der Waals surface area contributed by atoms with Gasteiger partial charge in [-0.15, -0.1) is 0 Å². The lowest BCUT2D eigenvalue weighted by atomic mass is 9.89. The van der Waals surface area contributed by atoms with Gasteiger partial charge in [0.25, 0.3) is 0 Å². The van der Waals surface area contributed by atoms with E-state index in [-0.39, 0.29) is 48.0 Å². The van der Waals surface area contributed by atoms with E-state index in [2.05, 4.69) is 10.6 Å². The van der Waals surface area contributed by atoms with Crippen LogP contribution in [0.2, 0.25) is 0 Å². The van der Waals surface area contributed by atoms with Crippen molar-refractivity contribution in [1.82, 2.24) is 0 Å². The van der Waals surface area contributed by atoms with Gasteiger partial charge in [0.1, 0.15) is 0 Å². The molecule has 6 nitrogen and oxygen atoms in total. The Morgan fingerprint density at radius 1 is 0.774 bits per heavy atom. The number of hydrogen-bond donors (Lipinski definition) is 2. The van der Waals surface area contributed by atoms with Gasteiger partial charge in [0.2, 0.25) is 11.8 Å². The molecule has 0 spiro atoms. The number of aryl methyl sites for hydroxylation is 2. The van der Waals surface area contributed by atoms with Gasteiger partial charge >= 0.3 is 0 Å². The van der Waals surface area contributed by atoms with Gasteiger partial charge in [0, 0.05) is 24.2 Å². The molecule has 166 valence electrons. The topological polar surface area (TPSA) is 92.3 Å². The zero-order valence-corrected chi connectivity index (χ0v) is 18.9. The van der Waals surface area contributed by atoms with Crippen molar-refractivity contribution < 1.29 is 18.0 Å². The molecule has 2 amide bonds. The van der Waals surface area contributed by atoms with E-state index >= 15 is 0 Å². The molecule has 3 rings (SSSR count). The Morgan fingerprint density at radius 2 is 1.16 bits per heavy atom. The first-order chi connectivity index (χ1) is 14.8. The van der Waals surface area contributed by atoms with E-state index in [0.29, 0.717) is 0 Å². The van der Waals surface area contributed by atoms with Gasteiger partial charge in [-0.3, -0.25) is 9.59 Å². The van der Waals surface area contributed by atoms with Gasteiger partial charge in [-0.25, -0.2) is 8.42 Å². The Morgan fingerprint density at radius 3 is 1.55 bits per heavy atom. The maximum atomic E-state index is 12.6. The van der Waals surface area contributed by atoms with Crippen molar-refractivity contribution in [3.63, 3.8) is 0 Å². The van der Waals surface area contributed by atoms with Gasteiger partial charge in [-0.05, 0) is 47.9 Å². The summed E-state index contributed by atoms with van der Waals surface area (Å²) in [5, 5.41) is 5.82. The molecule has 0 radical (unpaired) electrons. The number of benzene rings is 2. The highest BCUT2D eigenvalue weighted by atomic mass is 32.2. The minimum Gasteiger partial charge on any atom is -0.326 e. The van der Waals surface area contributed by atoms with E-state index < -0.39 is 9.84 Å². The van der Waals surface area contributed by atoms with E-state index in [9.17, 15) is 18.0 Å². The quantitative estimate of drug-likeness (QED) is 0.650. The molecule has 2 aromatic rings. The second-order valence-electron chi connectivity index (χ2n) is 8.12. The molecule has 2 aromatic carbocycles. The molecule has 1 fully saturated rings. The smallest absolute Gasteiger partial charge is 0.224 e. The molecule has 0 aliphatic carbocycles. The Balaban J connectivity index is 1.65. The predicted octanol–water partition coefficient (Wildman–Crippen LogP) is 3.83. The van der Waals surface area contributed by atoms with E-state index in [4.69, 9.17) is 0 Å². The normalized spacial score (nSPS) is 19.7. The number of para-hydroxylation sites is 2. The number of hydrogen-bond acceptors (Lipinski definition) is 4. The first-order valence-corrected chi connectivity index (χ1v) is 12.6. The van der Waals surface area contributed by atoms with Crippen molar-refractivity contribution in [3.8, 4) is 0 Å². The van der Waals surface area contributed by atoms with Crippen LogP contribution in [0.15, 0.2) is 48.5 Å². The summed E-state index contributed by atoms with van der Waals surface area (Å²) in [6, 6.07) is 15.2. The lowest BCUT2D eigenvalue weighted by Crippen LogP contribution is -2.25. The molecular weight excluding hydrogens is 412 g/mol. The minimum atomic E-state index is -3.27. The third-order valence-corrected chi connectivity index (χ3v) is 7.71. The second-order valence-corrected chi connectivity index (χ2v) is 10.3. The molecular formula is C24H30N2O4S. The molecule has 1 saturated heterocycles. The van der Waals surface area contributed by atoms with Crippen LogP contribution in [0.1, 0.15) is 37.8 Å². The monoisotopic (exact) mass is 442 g/mol. The number of nitrogens with one attached hydrogen (secondary N) is 2. The summed E-state index contributed by atoms with van der Waals surface area (Å²) in [6.07, 6.45) is 1.74. The van der Waals surface area contributed by atoms with Crippen LogP contribution in [0.4, 0.5) is 11.4 Å². The SMILES string of the molecule is CCc1ccccc1NC(=O)C[C@@H]1CS(=O)(=O)C[C@H]1CC(=O)Nc1ccccc1CC. The Labute approximate surface area is 184 Å². The fourth-order valence-corrected chi connectivity index (χ4v) is 6.44. The number of anilines is 2. The van der Waals surface area contributed by atoms with Gasteiger partial charge in [-0.2, -0.15) is 0 Å². The first-order valence-electron chi connectivity index (χ1n) is 10.8. The Bertz CT molecular complexity index is 972. The third kappa shape index (κ3) is 6.17. The van der Waals surface area contributed by atoms with Gasteiger partial charge in [0.15, 0.2) is 9.84 Å². The average Bonchev–Trinajstić information content (AvgIpc) is 3.01. The van der Waals surface area contributed by atoms with E-state index in [1.807, 2.05) is 62.4 Å². The lowest BCUT2D eigenvalue weighted by molar-refractivity contribution is -0.119. The van der Waals surface area contributed by atoms with E-state index in [1.54, 1.807) is 0 Å². The van der Waals surface area contributed by atoms with Crippen molar-refractivity contribution in [2.24, 2.45) is 11.8 Å². The molecule has 2 atom stereocenters. The van der Waals surface area contributed by atoms with Gasteiger partial charge in [0.05, 0.1) is 11.5 Å². The number of sulfone groups is 1. The maximum Gasteiger partial charge on any atom is 0.224 e. The average molecular weight is 443 g/mol. The first kappa shape index (κ1) is 23.0. The molecule has 1 heterocycles. The van der Waals surface area contributed by atoms with Crippen LogP contribution in [0.3, 0.4) is 0 Å². The van der Waals surface area contributed by atoms with Crippen LogP contribution in [-0.2, 0) is 32.3 Å². The highest BCUT2D eigenvalue weighted by molar-refractivity contribution is 7.91. The summed E-state index contributed by atoms with van der Waals surface area (Å²) in [7, 11) is -3.27. The largest absolute Gasteiger partial charge is 0.326 e. The maximum absolute atomic E-state index is 12.6. The van der Waals surface area contributed by atoms with Crippen LogP contribution < -0.4 is 10.6 Å². The van der Waals surface area contributed by atoms with Gasteiger partial charge < -0.3 is 10.6 Å². The summed E-state index contributed by atoms with van der Waals surface area (Å²) in [6.45, 7) is 4.03. The van der Waals surface area contributed by atoms with Crippen LogP contribution in [-0.4, -0.2) is 31.7 Å². The second kappa shape index (κ2) is 10.1. The highest BCUT2D eigenvalue weighted by Gasteiger charge is 2.39. The number of carbonyl (C=O) groups excluding carboxylic acids is 2. The zero-order valence-electron chi connectivity index (χ0n) is 18.1. The van der Waals surface area contributed by atoms with E-state index in [1.165, 1.54) is 0 Å². The third-order valence-electron chi connectivity index (χ3n) is 5.84. The van der Waals surface area contributed by atoms with Crippen LogP contribution in [0, 0.1) is 11.8 Å². The number of rotatable bonds is 8. The molecule has 7 heteroatoms. The molecule has 31 heavy (non-hydrogen) atoms. The molecule has 0 aromatic heterocycles. The summed E-state index contributed by atoms with van der Waals surface area (Å²) in [5.41, 5.74) is 3.56. The number of carbonyl (C=O) groups is 2. The molecule has 0 saturated carbocycles. The molecule has 2 N–H and O–H groups in total. The summed E-state index contributed by atoms with van der Waals surface area (Å²) >= 11 is 0. The van der Waals surface area contributed by atoms with Crippen molar-refractivity contribution in [1.29, 1.82) is 0 Å². The fraction of sp³-hybridized carbons (Fsp3) is 0.417. The summed E-state index contributed by atoms with van der Waals surface area (Å²) in [5.74, 6) is -1.29. The Hall–Kier alpha value is -2.67. The fourth-order valence-electron chi connectivity index (χ4n) is 4.22. The van der Waals surface area contributed by atoms with Crippen LogP contribution >= 0.6 is 0 Å². The Kier molecular flexibility index (Phi) is 7.49. The van der Waals surface area contributed by atoms with Crippen molar-refractivity contribution in [2.75, 3.05) is 22.1 Å². The summed E-state index contributed by atoms with van der Waals surface area (Å²) < 4.78 is 24.5. The molecule has 0 unspecified atom stereocenters. The lowest BCUT2D eigenvalue weighted by Gasteiger charge is -2.18.